The summed E-state index contributed by atoms with van der Waals surface area (Å²) in [5.74, 6) is 0. The summed E-state index contributed by atoms with van der Waals surface area (Å²) in [6.07, 6.45) is -15.0. The average Bonchev–Trinajstić information content (AvgIpc) is 2.52. The van der Waals surface area contributed by atoms with Gasteiger partial charge in [0.25, 0.3) is 0 Å². The first-order chi connectivity index (χ1) is 10.3. The molecule has 0 aliphatic carbocycles. The van der Waals surface area contributed by atoms with Crippen LogP contribution in [0, 0.1) is 0 Å². The molecule has 0 aromatic carbocycles. The number of rotatable bonds is 3. The van der Waals surface area contributed by atoms with Gasteiger partial charge in [0.1, 0.15) is 61.0 Å². The van der Waals surface area contributed by atoms with Crippen LogP contribution in [0.5, 0.6) is 0 Å². The van der Waals surface area contributed by atoms with Crippen molar-refractivity contribution in [3.8, 4) is 0 Å². The fraction of sp³-hybridized carbons (Fsp3) is 1.00. The molecule has 0 saturated carbocycles. The van der Waals surface area contributed by atoms with Gasteiger partial charge < -0.3 is 50.3 Å². The van der Waals surface area contributed by atoms with E-state index in [1.807, 2.05) is 0 Å². The lowest BCUT2D eigenvalue weighted by atomic mass is 9.86. The average molecular weight is 326 g/mol. The Bertz CT molecular complexity index is 330. The van der Waals surface area contributed by atoms with Crippen molar-refractivity contribution in [3.63, 3.8) is 0 Å². The molecule has 2 fully saturated rings. The van der Waals surface area contributed by atoms with E-state index in [9.17, 15) is 30.6 Å². The van der Waals surface area contributed by atoms with E-state index < -0.39 is 74.3 Å². The minimum Gasteiger partial charge on any atom is -0.394 e. The highest BCUT2D eigenvalue weighted by Crippen LogP contribution is 2.31. The summed E-state index contributed by atoms with van der Waals surface area (Å²) < 4.78 is 10.5. The minimum absolute atomic E-state index is 0.654. The van der Waals surface area contributed by atoms with Gasteiger partial charge in [0, 0.05) is 0 Å². The van der Waals surface area contributed by atoms with E-state index >= 15 is 0 Å². The van der Waals surface area contributed by atoms with Crippen LogP contribution in [-0.4, -0.2) is 115 Å². The number of aliphatic hydroxyl groups excluding tert-OH is 8. The van der Waals surface area contributed by atoms with Gasteiger partial charge in [-0.15, -0.1) is 0 Å². The van der Waals surface area contributed by atoms with Crippen LogP contribution in [0.2, 0.25) is 0 Å². The fourth-order valence-corrected chi connectivity index (χ4v) is 2.80. The van der Waals surface area contributed by atoms with Gasteiger partial charge in [-0.2, -0.15) is 0 Å². The third-order valence-electron chi connectivity index (χ3n) is 4.18. The minimum atomic E-state index is -1.67. The van der Waals surface area contributed by atoms with Crippen molar-refractivity contribution in [2.75, 3.05) is 13.2 Å². The summed E-state index contributed by atoms with van der Waals surface area (Å²) in [5, 5.41) is 77.1. The van der Waals surface area contributed by atoms with Gasteiger partial charge >= 0.3 is 0 Å². The molecule has 0 aromatic heterocycles. The Morgan fingerprint density at radius 1 is 0.500 bits per heavy atom. The SMILES string of the molecule is OC[C@H]1O[C@@H](C2O[C@H](CO)[C@@H](O)[C@H](O)[C@H]2O)[C@H](O)[C@@H](O)[C@@H]1O. The van der Waals surface area contributed by atoms with E-state index in [1.54, 1.807) is 0 Å². The Hall–Kier alpha value is -0.400. The van der Waals surface area contributed by atoms with Crippen molar-refractivity contribution in [2.45, 2.75) is 61.0 Å². The lowest BCUT2D eigenvalue weighted by Gasteiger charge is -2.48. The first kappa shape index (κ1) is 17.9. The molecule has 0 amide bonds. The van der Waals surface area contributed by atoms with Crippen molar-refractivity contribution in [2.24, 2.45) is 0 Å². The summed E-state index contributed by atoms with van der Waals surface area (Å²) in [4.78, 5) is 0. The summed E-state index contributed by atoms with van der Waals surface area (Å²) in [6.45, 7) is -1.31. The molecule has 0 spiro atoms. The predicted octanol–water partition coefficient (Wildman–Crippen LogP) is -5.33. The van der Waals surface area contributed by atoms with Crippen molar-refractivity contribution in [3.05, 3.63) is 0 Å². The molecule has 10 heteroatoms. The smallest absolute Gasteiger partial charge is 0.115 e. The predicted molar refractivity (Wildman–Crippen MR) is 67.5 cm³/mol. The molecule has 22 heavy (non-hydrogen) atoms. The van der Waals surface area contributed by atoms with Crippen LogP contribution >= 0.6 is 0 Å². The standard InChI is InChI=1S/C12H22O10/c13-1-3-5(15)7(17)9(19)11(21-3)12-10(20)8(18)6(16)4(2-14)22-12/h3-20H,1-2H2/t3-,4-,5-,6-,7+,8+,9-,10-,11-,12?/m1/s1. The molecule has 10 atom stereocenters. The lowest BCUT2D eigenvalue weighted by molar-refractivity contribution is -0.302. The van der Waals surface area contributed by atoms with Crippen LogP contribution in [0.4, 0.5) is 0 Å². The second-order valence-corrected chi connectivity index (χ2v) is 5.59. The molecule has 1 unspecified atom stereocenters. The maximum atomic E-state index is 9.99. The van der Waals surface area contributed by atoms with Crippen LogP contribution in [-0.2, 0) is 9.47 Å². The Kier molecular flexibility index (Phi) is 5.72. The van der Waals surface area contributed by atoms with Gasteiger partial charge in [-0.3, -0.25) is 0 Å². The second kappa shape index (κ2) is 7.01. The van der Waals surface area contributed by atoms with Crippen LogP contribution in [0.25, 0.3) is 0 Å². The zero-order valence-corrected chi connectivity index (χ0v) is 11.6. The summed E-state index contributed by atoms with van der Waals surface area (Å²) >= 11 is 0. The van der Waals surface area contributed by atoms with E-state index in [-0.39, 0.29) is 0 Å². The molecule has 0 aromatic rings. The Morgan fingerprint density at radius 2 is 0.818 bits per heavy atom. The molecule has 10 nitrogen and oxygen atoms in total. The third-order valence-corrected chi connectivity index (χ3v) is 4.18. The quantitative estimate of drug-likeness (QED) is 0.249. The summed E-state index contributed by atoms with van der Waals surface area (Å²) in [5.41, 5.74) is 0. The van der Waals surface area contributed by atoms with Crippen LogP contribution in [0.1, 0.15) is 0 Å². The molecule has 2 heterocycles. The monoisotopic (exact) mass is 326 g/mol. The summed E-state index contributed by atoms with van der Waals surface area (Å²) in [7, 11) is 0. The van der Waals surface area contributed by atoms with Crippen LogP contribution < -0.4 is 0 Å². The number of hydrogen-bond acceptors (Lipinski definition) is 10. The van der Waals surface area contributed by atoms with Gasteiger partial charge in [-0.25, -0.2) is 0 Å². The largest absolute Gasteiger partial charge is 0.394 e. The van der Waals surface area contributed by atoms with Gasteiger partial charge in [0.15, 0.2) is 0 Å². The van der Waals surface area contributed by atoms with Crippen molar-refractivity contribution >= 4 is 0 Å². The highest BCUT2D eigenvalue weighted by atomic mass is 16.6. The molecule has 2 aliphatic heterocycles. The van der Waals surface area contributed by atoms with Gasteiger partial charge in [0.2, 0.25) is 0 Å². The fourth-order valence-electron chi connectivity index (χ4n) is 2.80. The lowest BCUT2D eigenvalue weighted by Crippen LogP contribution is -2.68. The van der Waals surface area contributed by atoms with Gasteiger partial charge in [0.05, 0.1) is 13.2 Å². The van der Waals surface area contributed by atoms with Gasteiger partial charge in [-0.1, -0.05) is 0 Å². The highest BCUT2D eigenvalue weighted by molar-refractivity contribution is 5.02. The van der Waals surface area contributed by atoms with Crippen LogP contribution in [0.15, 0.2) is 0 Å². The Labute approximate surface area is 125 Å². The number of hydrogen-bond donors (Lipinski definition) is 8. The van der Waals surface area contributed by atoms with Crippen molar-refractivity contribution < 1.29 is 50.3 Å². The maximum absolute atomic E-state index is 9.99. The zero-order valence-electron chi connectivity index (χ0n) is 11.6. The van der Waals surface area contributed by atoms with E-state index in [2.05, 4.69) is 0 Å². The van der Waals surface area contributed by atoms with E-state index in [0.717, 1.165) is 0 Å². The molecule has 0 bridgehead atoms. The molecule has 0 radical (unpaired) electrons. The van der Waals surface area contributed by atoms with Gasteiger partial charge in [-0.05, 0) is 0 Å². The molecular formula is C12H22O10. The van der Waals surface area contributed by atoms with E-state index in [0.29, 0.717) is 0 Å². The highest BCUT2D eigenvalue weighted by Gasteiger charge is 2.53. The molecule has 2 rings (SSSR count). The maximum Gasteiger partial charge on any atom is 0.115 e. The molecule has 2 aliphatic rings. The van der Waals surface area contributed by atoms with Crippen molar-refractivity contribution in [1.29, 1.82) is 0 Å². The Morgan fingerprint density at radius 3 is 1.09 bits per heavy atom. The zero-order chi connectivity index (χ0) is 16.6. The Balaban J connectivity index is 2.21. The first-order valence-electron chi connectivity index (χ1n) is 6.94. The van der Waals surface area contributed by atoms with Crippen molar-refractivity contribution in [1.82, 2.24) is 0 Å². The molecular weight excluding hydrogens is 304 g/mol. The van der Waals surface area contributed by atoms with E-state index in [1.165, 1.54) is 0 Å². The molecule has 8 N–H and O–H groups in total. The molecule has 2 saturated heterocycles. The topological polar surface area (TPSA) is 180 Å². The molecule has 130 valence electrons. The number of aliphatic hydroxyl groups is 8. The van der Waals surface area contributed by atoms with E-state index in [4.69, 9.17) is 19.7 Å². The third kappa shape index (κ3) is 2.99. The first-order valence-corrected chi connectivity index (χ1v) is 6.94. The normalized spacial score (nSPS) is 53.5. The number of ether oxygens (including phenoxy) is 2. The van der Waals surface area contributed by atoms with Crippen LogP contribution in [0.3, 0.4) is 0 Å². The summed E-state index contributed by atoms with van der Waals surface area (Å²) in [6, 6.07) is 0. The second-order valence-electron chi connectivity index (χ2n) is 5.59.